The second-order valence-corrected chi connectivity index (χ2v) is 8.39. The molecule has 0 spiro atoms. The molecule has 0 aromatic carbocycles. The van der Waals surface area contributed by atoms with Gasteiger partial charge in [0.1, 0.15) is 25.0 Å². The fourth-order valence-corrected chi connectivity index (χ4v) is 3.03. The Balaban J connectivity index is 2.46. The summed E-state index contributed by atoms with van der Waals surface area (Å²) >= 11 is 0. The Morgan fingerprint density at radius 2 is 1.93 bits per heavy atom. The van der Waals surface area contributed by atoms with E-state index in [1.165, 1.54) is 16.5 Å². The smallest absolute Gasteiger partial charge is 0.480 e. The maximum absolute atomic E-state index is 12.6. The highest BCUT2D eigenvalue weighted by atomic mass is 16.6. The lowest BCUT2D eigenvalue weighted by molar-refractivity contribution is -0.447. The Labute approximate surface area is 166 Å². The molecule has 28 heavy (non-hydrogen) atoms. The summed E-state index contributed by atoms with van der Waals surface area (Å²) in [6, 6.07) is -1.19. The number of carbonyl (C=O) groups excluding carboxylic acids is 2. The SMILES string of the molecule is C=[N+](CCO[C@@H]1CCN(C(=O)N(C)[C@H](C(=O)O)C(C)C)C1)C(=O)OC(C)(C)C. The molecule has 160 valence electrons. The van der Waals surface area contributed by atoms with Crippen LogP contribution in [0.2, 0.25) is 0 Å². The van der Waals surface area contributed by atoms with Crippen molar-refractivity contribution >= 4 is 24.8 Å². The van der Waals surface area contributed by atoms with E-state index in [0.717, 1.165) is 0 Å². The molecule has 0 radical (unpaired) electrons. The van der Waals surface area contributed by atoms with E-state index in [1.54, 1.807) is 39.5 Å². The van der Waals surface area contributed by atoms with Gasteiger partial charge in [0.05, 0.1) is 6.10 Å². The van der Waals surface area contributed by atoms with Gasteiger partial charge in [-0.15, -0.1) is 4.58 Å². The number of ether oxygens (including phenoxy) is 2. The van der Waals surface area contributed by atoms with E-state index in [2.05, 4.69) is 6.72 Å². The number of likely N-dealkylation sites (tertiary alicyclic amines) is 1. The first-order valence-corrected chi connectivity index (χ1v) is 9.50. The van der Waals surface area contributed by atoms with Crippen LogP contribution in [0.25, 0.3) is 0 Å². The molecule has 1 fully saturated rings. The predicted octanol–water partition coefficient (Wildman–Crippen LogP) is 1.89. The zero-order valence-corrected chi connectivity index (χ0v) is 17.8. The quantitative estimate of drug-likeness (QED) is 0.517. The maximum Gasteiger partial charge on any atom is 0.596 e. The number of rotatable bonds is 7. The fourth-order valence-electron chi connectivity index (χ4n) is 3.03. The zero-order valence-electron chi connectivity index (χ0n) is 17.8. The van der Waals surface area contributed by atoms with Crippen LogP contribution in [0.1, 0.15) is 41.0 Å². The summed E-state index contributed by atoms with van der Waals surface area (Å²) in [5.74, 6) is -1.22. The van der Waals surface area contributed by atoms with Gasteiger partial charge in [0.15, 0.2) is 6.54 Å². The van der Waals surface area contributed by atoms with Crippen LogP contribution < -0.4 is 0 Å². The van der Waals surface area contributed by atoms with Crippen molar-refractivity contribution in [3.63, 3.8) is 0 Å². The lowest BCUT2D eigenvalue weighted by Gasteiger charge is -2.31. The molecule has 0 bridgehead atoms. The summed E-state index contributed by atoms with van der Waals surface area (Å²) in [6.45, 7) is 14.0. The molecule has 2 atom stereocenters. The number of carboxylic acids is 1. The molecular weight excluding hydrogens is 366 g/mol. The number of carbonyl (C=O) groups is 3. The lowest BCUT2D eigenvalue weighted by Crippen LogP contribution is -2.50. The van der Waals surface area contributed by atoms with Crippen molar-refractivity contribution < 1.29 is 33.5 Å². The van der Waals surface area contributed by atoms with Gasteiger partial charge in [-0.25, -0.2) is 9.59 Å². The number of likely N-dealkylation sites (N-methyl/N-ethyl adjacent to an activating group) is 1. The van der Waals surface area contributed by atoms with Crippen LogP contribution >= 0.6 is 0 Å². The Bertz CT molecular complexity index is 599. The molecule has 3 amide bonds. The van der Waals surface area contributed by atoms with Crippen LogP contribution in [0, 0.1) is 5.92 Å². The Hall–Kier alpha value is -2.16. The molecule has 0 aliphatic carbocycles. The zero-order chi connectivity index (χ0) is 21.6. The van der Waals surface area contributed by atoms with E-state index in [0.29, 0.717) is 19.5 Å². The molecule has 9 heteroatoms. The van der Waals surface area contributed by atoms with Crippen LogP contribution in [0.15, 0.2) is 0 Å². The molecule has 1 N–H and O–H groups in total. The number of hydrogen-bond donors (Lipinski definition) is 1. The highest BCUT2D eigenvalue weighted by Crippen LogP contribution is 2.18. The summed E-state index contributed by atoms with van der Waals surface area (Å²) in [5, 5.41) is 9.36. The third-order valence-electron chi connectivity index (χ3n) is 4.39. The minimum Gasteiger partial charge on any atom is -0.480 e. The van der Waals surface area contributed by atoms with Crippen molar-refractivity contribution in [2.75, 3.05) is 33.3 Å². The lowest BCUT2D eigenvalue weighted by atomic mass is 10.0. The first-order valence-electron chi connectivity index (χ1n) is 9.50. The van der Waals surface area contributed by atoms with Gasteiger partial charge in [-0.2, -0.15) is 4.79 Å². The number of carboxylic acid groups (broad SMARTS) is 1. The molecule has 0 aromatic rings. The van der Waals surface area contributed by atoms with Crippen molar-refractivity contribution in [3.8, 4) is 0 Å². The summed E-state index contributed by atoms with van der Waals surface area (Å²) in [7, 11) is 1.51. The third kappa shape index (κ3) is 7.10. The van der Waals surface area contributed by atoms with Crippen molar-refractivity contribution in [3.05, 3.63) is 0 Å². The van der Waals surface area contributed by atoms with Crippen LogP contribution in [0.5, 0.6) is 0 Å². The normalized spacial score (nSPS) is 18.1. The number of amides is 3. The standard InChI is InChI=1S/C19H33N3O6/c1-13(2)15(16(23)24)21(7)17(25)22-9-8-14(12-22)27-11-10-20(6)18(26)28-19(3,4)5/h13-15H,6,8-12H2,1-5,7H3/p+1/t14-,15+/m1/s1. The van der Waals surface area contributed by atoms with Crippen LogP contribution in [0.4, 0.5) is 9.59 Å². The molecule has 1 aliphatic heterocycles. The first kappa shape index (κ1) is 23.9. The van der Waals surface area contributed by atoms with Crippen LogP contribution in [-0.2, 0) is 14.3 Å². The van der Waals surface area contributed by atoms with Crippen molar-refractivity contribution in [2.24, 2.45) is 5.92 Å². The molecule has 1 rings (SSSR count). The van der Waals surface area contributed by atoms with Crippen LogP contribution in [0.3, 0.4) is 0 Å². The predicted molar refractivity (Wildman–Crippen MR) is 104 cm³/mol. The summed E-state index contributed by atoms with van der Waals surface area (Å²) in [5.41, 5.74) is -0.587. The van der Waals surface area contributed by atoms with Crippen molar-refractivity contribution in [1.29, 1.82) is 0 Å². The van der Waals surface area contributed by atoms with E-state index >= 15 is 0 Å². The summed E-state index contributed by atoms with van der Waals surface area (Å²) in [6.07, 6.45) is -0.0242. The molecular formula is C19H34N3O6+. The molecule has 0 saturated carbocycles. The fraction of sp³-hybridized carbons (Fsp3) is 0.789. The van der Waals surface area contributed by atoms with Gasteiger partial charge >= 0.3 is 18.1 Å². The van der Waals surface area contributed by atoms with Gasteiger partial charge in [0, 0.05) is 20.1 Å². The van der Waals surface area contributed by atoms with Gasteiger partial charge in [-0.1, -0.05) is 13.8 Å². The van der Waals surface area contributed by atoms with E-state index < -0.39 is 23.7 Å². The topological polar surface area (TPSA) is 99.4 Å². The third-order valence-corrected chi connectivity index (χ3v) is 4.39. The highest BCUT2D eigenvalue weighted by molar-refractivity contribution is 5.82. The summed E-state index contributed by atoms with van der Waals surface area (Å²) < 4.78 is 12.2. The van der Waals surface area contributed by atoms with Crippen molar-refractivity contribution in [1.82, 2.24) is 9.80 Å². The van der Waals surface area contributed by atoms with Gasteiger partial charge in [-0.05, 0) is 33.1 Å². The minimum atomic E-state index is -1.02. The van der Waals surface area contributed by atoms with Gasteiger partial charge in [0.2, 0.25) is 0 Å². The molecule has 9 nitrogen and oxygen atoms in total. The van der Waals surface area contributed by atoms with E-state index in [9.17, 15) is 19.5 Å². The first-order chi connectivity index (χ1) is 12.8. The average Bonchev–Trinajstić information content (AvgIpc) is 3.00. The molecule has 1 heterocycles. The maximum atomic E-state index is 12.6. The van der Waals surface area contributed by atoms with E-state index in [1.807, 2.05) is 0 Å². The number of urea groups is 1. The monoisotopic (exact) mass is 400 g/mol. The molecule has 1 saturated heterocycles. The minimum absolute atomic E-state index is 0.160. The number of aliphatic carboxylic acids is 1. The molecule has 0 aromatic heterocycles. The van der Waals surface area contributed by atoms with E-state index in [4.69, 9.17) is 9.47 Å². The second-order valence-electron chi connectivity index (χ2n) is 8.39. The second kappa shape index (κ2) is 9.86. The number of hydrogen-bond acceptors (Lipinski definition) is 5. The van der Waals surface area contributed by atoms with Crippen molar-refractivity contribution in [2.45, 2.75) is 58.8 Å². The Kier molecular flexibility index (Phi) is 8.41. The average molecular weight is 400 g/mol. The van der Waals surface area contributed by atoms with Crippen LogP contribution in [-0.4, -0.2) is 95.3 Å². The van der Waals surface area contributed by atoms with Gasteiger partial charge in [-0.3, -0.25) is 0 Å². The Morgan fingerprint density at radius 1 is 1.32 bits per heavy atom. The number of nitrogens with zero attached hydrogens (tertiary/aromatic N) is 3. The molecule has 1 aliphatic rings. The summed E-state index contributed by atoms with van der Waals surface area (Å²) in [4.78, 5) is 38.8. The van der Waals surface area contributed by atoms with Gasteiger partial charge < -0.3 is 24.4 Å². The molecule has 0 unspecified atom stereocenters. The van der Waals surface area contributed by atoms with Gasteiger partial charge in [0.25, 0.3) is 0 Å². The highest BCUT2D eigenvalue weighted by Gasteiger charge is 2.35. The Morgan fingerprint density at radius 3 is 2.43 bits per heavy atom. The van der Waals surface area contributed by atoms with E-state index in [-0.39, 0.29) is 31.2 Å². The largest absolute Gasteiger partial charge is 0.596 e.